The molecule has 3 rings (SSSR count). The van der Waals surface area contributed by atoms with Gasteiger partial charge in [0, 0.05) is 0 Å². The number of ether oxygens (including phenoxy) is 1. The molecule has 0 amide bonds. The molecule has 1 heterocycles. The van der Waals surface area contributed by atoms with Gasteiger partial charge in [0.2, 0.25) is 0 Å². The lowest BCUT2D eigenvalue weighted by molar-refractivity contribution is 0.317. The van der Waals surface area contributed by atoms with Crippen LogP contribution in [0.15, 0.2) is 30.5 Å². The van der Waals surface area contributed by atoms with Crippen LogP contribution < -0.4 is 10.1 Å². The van der Waals surface area contributed by atoms with Crippen LogP contribution in [-0.2, 0) is 6.54 Å². The molecule has 1 aromatic carbocycles. The molecule has 4 nitrogen and oxygen atoms in total. The van der Waals surface area contributed by atoms with E-state index in [2.05, 4.69) is 34.3 Å². The van der Waals surface area contributed by atoms with Crippen molar-refractivity contribution in [2.45, 2.75) is 32.7 Å². The topological polar surface area (TPSA) is 49.9 Å². The quantitative estimate of drug-likeness (QED) is 0.782. The second-order valence-corrected chi connectivity index (χ2v) is 5.69. The molecule has 0 bridgehead atoms. The Bertz CT molecular complexity index is 558. The highest BCUT2D eigenvalue weighted by atomic mass is 16.5. The summed E-state index contributed by atoms with van der Waals surface area (Å²) >= 11 is 0. The minimum atomic E-state index is 0.764. The van der Waals surface area contributed by atoms with E-state index >= 15 is 0 Å². The molecule has 2 N–H and O–H groups in total. The van der Waals surface area contributed by atoms with E-state index in [1.54, 1.807) is 0 Å². The zero-order valence-electron chi connectivity index (χ0n) is 12.6. The predicted molar refractivity (Wildman–Crippen MR) is 84.2 cm³/mol. The van der Waals surface area contributed by atoms with Gasteiger partial charge in [-0.2, -0.15) is 0 Å². The van der Waals surface area contributed by atoms with Gasteiger partial charge in [-0.05, 0) is 61.6 Å². The summed E-state index contributed by atoms with van der Waals surface area (Å²) in [5.41, 5.74) is 2.19. The summed E-state index contributed by atoms with van der Waals surface area (Å²) in [4.78, 5) is 7.80. The number of rotatable bonds is 8. The van der Waals surface area contributed by atoms with Crippen molar-refractivity contribution in [2.75, 3.05) is 13.2 Å². The Balaban J connectivity index is 1.56. The Morgan fingerprint density at radius 3 is 2.81 bits per heavy atom. The molecule has 1 saturated carbocycles. The third-order valence-corrected chi connectivity index (χ3v) is 3.69. The average molecular weight is 285 g/mol. The first-order chi connectivity index (χ1) is 10.3. The molecule has 21 heavy (non-hydrogen) atoms. The van der Waals surface area contributed by atoms with E-state index in [0.717, 1.165) is 54.9 Å². The number of benzene rings is 1. The molecular weight excluding hydrogens is 262 g/mol. The highest BCUT2D eigenvalue weighted by Crippen LogP contribution is 2.27. The maximum Gasteiger partial charge on any atom is 0.120 e. The molecule has 2 aromatic rings. The maximum absolute atomic E-state index is 5.60. The first kappa shape index (κ1) is 14.1. The first-order valence-corrected chi connectivity index (χ1v) is 7.83. The maximum atomic E-state index is 5.60. The Morgan fingerprint density at radius 2 is 2.10 bits per heavy atom. The summed E-state index contributed by atoms with van der Waals surface area (Å²) in [6.45, 7) is 4.80. The first-order valence-electron chi connectivity index (χ1n) is 7.83. The van der Waals surface area contributed by atoms with Crippen molar-refractivity contribution in [1.82, 2.24) is 15.3 Å². The molecule has 0 aliphatic heterocycles. The Kier molecular flexibility index (Phi) is 4.55. The molecule has 1 aliphatic carbocycles. The van der Waals surface area contributed by atoms with Crippen molar-refractivity contribution >= 4 is 0 Å². The lowest BCUT2D eigenvalue weighted by atomic mass is 10.2. The van der Waals surface area contributed by atoms with E-state index in [0.29, 0.717) is 0 Å². The third kappa shape index (κ3) is 4.08. The van der Waals surface area contributed by atoms with Gasteiger partial charge in [-0.3, -0.25) is 0 Å². The Morgan fingerprint density at radius 1 is 1.29 bits per heavy atom. The highest BCUT2D eigenvalue weighted by molar-refractivity contribution is 5.59. The fraction of sp³-hybridized carbons (Fsp3) is 0.471. The van der Waals surface area contributed by atoms with Gasteiger partial charge in [-0.25, -0.2) is 4.98 Å². The predicted octanol–water partition coefficient (Wildman–Crippen LogP) is 3.37. The van der Waals surface area contributed by atoms with Crippen molar-refractivity contribution in [3.8, 4) is 17.0 Å². The Labute approximate surface area is 125 Å². The molecule has 0 spiro atoms. The van der Waals surface area contributed by atoms with Gasteiger partial charge in [-0.1, -0.05) is 6.92 Å². The molecule has 0 unspecified atom stereocenters. The average Bonchev–Trinajstić information content (AvgIpc) is 3.22. The van der Waals surface area contributed by atoms with Gasteiger partial charge in [0.15, 0.2) is 0 Å². The molecule has 4 heteroatoms. The number of imidazole rings is 1. The van der Waals surface area contributed by atoms with Gasteiger partial charge in [0.1, 0.15) is 11.6 Å². The molecule has 0 saturated heterocycles. The summed E-state index contributed by atoms with van der Waals surface area (Å²) in [6.07, 6.45) is 5.68. The molecule has 1 aliphatic rings. The van der Waals surface area contributed by atoms with Crippen LogP contribution in [0.1, 0.15) is 32.0 Å². The number of hydrogen-bond donors (Lipinski definition) is 2. The fourth-order valence-electron chi connectivity index (χ4n) is 2.27. The summed E-state index contributed by atoms with van der Waals surface area (Å²) in [7, 11) is 0. The van der Waals surface area contributed by atoms with E-state index in [1.807, 2.05) is 18.3 Å². The van der Waals surface area contributed by atoms with E-state index in [1.165, 1.54) is 12.8 Å². The number of hydrogen-bond acceptors (Lipinski definition) is 3. The van der Waals surface area contributed by atoms with Gasteiger partial charge in [-0.15, -0.1) is 0 Å². The van der Waals surface area contributed by atoms with Crippen molar-refractivity contribution in [3.63, 3.8) is 0 Å². The number of nitrogens with one attached hydrogen (secondary N) is 2. The monoisotopic (exact) mass is 285 g/mol. The Hall–Kier alpha value is -1.81. The largest absolute Gasteiger partial charge is 0.494 e. The lowest BCUT2D eigenvalue weighted by Crippen LogP contribution is -2.16. The van der Waals surface area contributed by atoms with Gasteiger partial charge in [0.25, 0.3) is 0 Å². The van der Waals surface area contributed by atoms with Crippen LogP contribution in [0.2, 0.25) is 0 Å². The number of nitrogens with zero attached hydrogens (tertiary/aromatic N) is 1. The zero-order valence-corrected chi connectivity index (χ0v) is 12.6. The summed E-state index contributed by atoms with van der Waals surface area (Å²) in [5.74, 6) is 2.82. The number of H-pyrrole nitrogens is 1. The fourth-order valence-corrected chi connectivity index (χ4v) is 2.27. The van der Waals surface area contributed by atoms with Crippen molar-refractivity contribution in [3.05, 3.63) is 36.3 Å². The van der Waals surface area contributed by atoms with E-state index in [9.17, 15) is 0 Å². The minimum Gasteiger partial charge on any atom is -0.494 e. The molecule has 112 valence electrons. The van der Waals surface area contributed by atoms with Crippen LogP contribution in [0.5, 0.6) is 5.75 Å². The van der Waals surface area contributed by atoms with E-state index in [-0.39, 0.29) is 0 Å². The highest BCUT2D eigenvalue weighted by Gasteiger charge is 2.20. The van der Waals surface area contributed by atoms with Crippen molar-refractivity contribution in [2.24, 2.45) is 5.92 Å². The van der Waals surface area contributed by atoms with E-state index in [4.69, 9.17) is 4.74 Å². The second-order valence-electron chi connectivity index (χ2n) is 5.69. The zero-order chi connectivity index (χ0) is 14.5. The summed E-state index contributed by atoms with van der Waals surface area (Å²) < 4.78 is 5.60. The molecule has 0 atom stereocenters. The van der Waals surface area contributed by atoms with Crippen LogP contribution in [0, 0.1) is 5.92 Å². The third-order valence-electron chi connectivity index (χ3n) is 3.69. The summed E-state index contributed by atoms with van der Waals surface area (Å²) in [6, 6.07) is 8.16. The minimum absolute atomic E-state index is 0.764. The van der Waals surface area contributed by atoms with Gasteiger partial charge < -0.3 is 15.0 Å². The normalized spacial score (nSPS) is 14.3. The standard InChI is InChI=1S/C17H23N3O/c1-2-9-21-15-7-5-14(6-8-15)16-11-19-17(20-16)12-18-10-13-3-4-13/h5-8,11,13,18H,2-4,9-10,12H2,1H3,(H,19,20). The van der Waals surface area contributed by atoms with Crippen molar-refractivity contribution < 1.29 is 4.74 Å². The van der Waals surface area contributed by atoms with Crippen LogP contribution in [0.25, 0.3) is 11.3 Å². The molecule has 0 radical (unpaired) electrons. The SMILES string of the molecule is CCCOc1ccc(-c2cnc(CNCC3CC3)[nH]2)cc1. The van der Waals surface area contributed by atoms with Crippen LogP contribution in [0.4, 0.5) is 0 Å². The van der Waals surface area contributed by atoms with Crippen LogP contribution in [0.3, 0.4) is 0 Å². The van der Waals surface area contributed by atoms with Crippen LogP contribution in [-0.4, -0.2) is 23.1 Å². The molecule has 1 aromatic heterocycles. The number of aromatic nitrogens is 2. The molecule has 1 fully saturated rings. The van der Waals surface area contributed by atoms with Gasteiger partial charge >= 0.3 is 0 Å². The molecular formula is C17H23N3O. The number of aromatic amines is 1. The second kappa shape index (κ2) is 6.76. The summed E-state index contributed by atoms with van der Waals surface area (Å²) in [5, 5.41) is 3.45. The van der Waals surface area contributed by atoms with E-state index < -0.39 is 0 Å². The van der Waals surface area contributed by atoms with Crippen LogP contribution >= 0.6 is 0 Å². The lowest BCUT2D eigenvalue weighted by Gasteiger charge is -2.05. The smallest absolute Gasteiger partial charge is 0.120 e. The van der Waals surface area contributed by atoms with Gasteiger partial charge in [0.05, 0.1) is 25.0 Å². The van der Waals surface area contributed by atoms with Crippen molar-refractivity contribution in [1.29, 1.82) is 0 Å².